The highest BCUT2D eigenvalue weighted by Crippen LogP contribution is 2.26. The van der Waals surface area contributed by atoms with E-state index >= 15 is 0 Å². The molecule has 128 valence electrons. The normalized spacial score (nSPS) is 11.5. The van der Waals surface area contributed by atoms with Gasteiger partial charge in [-0.1, -0.05) is 12.1 Å². The smallest absolute Gasteiger partial charge is 0.212 e. The maximum absolute atomic E-state index is 9.99. The molecular formula is C22H19N2O2+. The number of ether oxygens (including phenoxy) is 1. The average Bonchev–Trinajstić information content (AvgIpc) is 2.69. The van der Waals surface area contributed by atoms with Gasteiger partial charge in [-0.05, 0) is 42.0 Å². The van der Waals surface area contributed by atoms with Crippen molar-refractivity contribution >= 4 is 34.0 Å². The van der Waals surface area contributed by atoms with Gasteiger partial charge in [0.25, 0.3) is 0 Å². The number of phenolic OH excluding ortho intramolecular Hbond substituents is 1. The summed E-state index contributed by atoms with van der Waals surface area (Å²) in [5.74, 6) is 1.05. The summed E-state index contributed by atoms with van der Waals surface area (Å²) in [5, 5.41) is 12.0. The van der Waals surface area contributed by atoms with Crippen LogP contribution < -0.4 is 9.30 Å². The monoisotopic (exact) mass is 343 g/mol. The van der Waals surface area contributed by atoms with Crippen molar-refractivity contribution in [1.29, 1.82) is 0 Å². The van der Waals surface area contributed by atoms with Gasteiger partial charge in [-0.15, -0.1) is 0 Å². The van der Waals surface area contributed by atoms with E-state index in [2.05, 4.69) is 33.8 Å². The molecule has 2 aromatic heterocycles. The van der Waals surface area contributed by atoms with Crippen LogP contribution in [0.5, 0.6) is 11.5 Å². The van der Waals surface area contributed by atoms with Gasteiger partial charge in [0.2, 0.25) is 11.2 Å². The minimum atomic E-state index is 0.197. The summed E-state index contributed by atoms with van der Waals surface area (Å²) in [4.78, 5) is 4.27. The molecule has 0 unspecified atom stereocenters. The van der Waals surface area contributed by atoms with Crippen molar-refractivity contribution in [3.8, 4) is 11.5 Å². The molecule has 4 rings (SSSR count). The second-order valence-electron chi connectivity index (χ2n) is 6.15. The van der Waals surface area contributed by atoms with Gasteiger partial charge in [0.15, 0.2) is 0 Å². The van der Waals surface area contributed by atoms with Crippen LogP contribution in [0.25, 0.3) is 34.0 Å². The highest BCUT2D eigenvalue weighted by Gasteiger charge is 2.10. The molecule has 0 amide bonds. The van der Waals surface area contributed by atoms with Crippen LogP contribution in [0.15, 0.2) is 60.8 Å². The Kier molecular flexibility index (Phi) is 4.01. The minimum absolute atomic E-state index is 0.197. The molecule has 26 heavy (non-hydrogen) atoms. The Bertz CT molecular complexity index is 1150. The first-order valence-corrected chi connectivity index (χ1v) is 8.39. The third-order valence-electron chi connectivity index (χ3n) is 4.63. The molecular weight excluding hydrogens is 324 g/mol. The number of aromatic hydroxyl groups is 1. The van der Waals surface area contributed by atoms with Gasteiger partial charge in [-0.2, -0.15) is 4.57 Å². The van der Waals surface area contributed by atoms with Crippen LogP contribution in [0.3, 0.4) is 0 Å². The zero-order chi connectivity index (χ0) is 18.1. The molecule has 0 spiro atoms. The van der Waals surface area contributed by atoms with Gasteiger partial charge in [0.1, 0.15) is 24.1 Å². The van der Waals surface area contributed by atoms with Crippen molar-refractivity contribution in [2.45, 2.75) is 0 Å². The topological polar surface area (TPSA) is 46.2 Å². The zero-order valence-corrected chi connectivity index (χ0v) is 14.7. The molecule has 1 N–H and O–H groups in total. The van der Waals surface area contributed by atoms with Gasteiger partial charge in [-0.3, -0.25) is 4.98 Å². The lowest BCUT2D eigenvalue weighted by atomic mass is 10.1. The summed E-state index contributed by atoms with van der Waals surface area (Å²) in [6.07, 6.45) is 5.81. The van der Waals surface area contributed by atoms with Crippen LogP contribution in [0, 0.1) is 0 Å². The van der Waals surface area contributed by atoms with Gasteiger partial charge in [0.05, 0.1) is 12.5 Å². The maximum atomic E-state index is 9.99. The highest BCUT2D eigenvalue weighted by atomic mass is 16.5. The predicted octanol–water partition coefficient (Wildman–Crippen LogP) is 4.10. The third kappa shape index (κ3) is 2.75. The van der Waals surface area contributed by atoms with E-state index in [0.29, 0.717) is 5.52 Å². The minimum Gasteiger partial charge on any atom is -0.506 e. The number of benzene rings is 2. The Labute approximate surface area is 151 Å². The number of nitrogens with zero attached hydrogens (tertiary/aromatic N) is 2. The Morgan fingerprint density at radius 1 is 1.04 bits per heavy atom. The molecule has 0 radical (unpaired) electrons. The summed E-state index contributed by atoms with van der Waals surface area (Å²) in [5.41, 5.74) is 3.84. The lowest BCUT2D eigenvalue weighted by Crippen LogP contribution is -2.32. The van der Waals surface area contributed by atoms with Gasteiger partial charge in [0, 0.05) is 29.8 Å². The lowest BCUT2D eigenvalue weighted by Gasteiger charge is -2.04. The first-order valence-electron chi connectivity index (χ1n) is 8.39. The molecule has 0 aliphatic heterocycles. The quantitative estimate of drug-likeness (QED) is 0.570. The maximum Gasteiger partial charge on any atom is 0.212 e. The van der Waals surface area contributed by atoms with Crippen LogP contribution in [-0.4, -0.2) is 17.2 Å². The Morgan fingerprint density at radius 2 is 1.92 bits per heavy atom. The van der Waals surface area contributed by atoms with E-state index in [1.807, 2.05) is 43.5 Å². The second kappa shape index (κ2) is 6.48. The standard InChI is InChI=1S/C22H18N2O2/c1-24-17(9-6-16-14-18(26-2)10-11-20(16)24)8-5-15-7-12-21(25)22-19(15)4-3-13-23-22/h3-14H,1-2H3/p+1. The summed E-state index contributed by atoms with van der Waals surface area (Å²) in [6.45, 7) is 0. The van der Waals surface area contributed by atoms with Gasteiger partial charge >= 0.3 is 0 Å². The van der Waals surface area contributed by atoms with Gasteiger partial charge < -0.3 is 9.84 Å². The molecule has 0 aliphatic carbocycles. The third-order valence-corrected chi connectivity index (χ3v) is 4.63. The van der Waals surface area contributed by atoms with Crippen molar-refractivity contribution in [1.82, 2.24) is 4.98 Å². The molecule has 4 aromatic rings. The first kappa shape index (κ1) is 16.1. The number of pyridine rings is 2. The molecule has 4 nitrogen and oxygen atoms in total. The summed E-state index contributed by atoms with van der Waals surface area (Å²) in [7, 11) is 3.72. The fourth-order valence-corrected chi connectivity index (χ4v) is 3.19. The van der Waals surface area contributed by atoms with Crippen LogP contribution in [0.2, 0.25) is 0 Å². The molecule has 0 saturated carbocycles. The SMILES string of the molecule is COc1ccc2c(ccc(/C=C/c3ccc(O)c4ncccc34)[n+]2C)c1. The second-order valence-corrected chi connectivity index (χ2v) is 6.15. The average molecular weight is 343 g/mol. The first-order chi connectivity index (χ1) is 12.7. The molecule has 0 atom stereocenters. The number of methoxy groups -OCH3 is 1. The molecule has 0 fully saturated rings. The summed E-state index contributed by atoms with van der Waals surface area (Å²) in [6, 6.07) is 17.7. The fourth-order valence-electron chi connectivity index (χ4n) is 3.19. The Balaban J connectivity index is 1.78. The number of phenols is 1. The number of hydrogen-bond donors (Lipinski definition) is 1. The number of hydrogen-bond acceptors (Lipinski definition) is 3. The Morgan fingerprint density at radius 3 is 2.77 bits per heavy atom. The molecule has 4 heteroatoms. The number of fused-ring (bicyclic) bond motifs is 2. The molecule has 0 saturated heterocycles. The van der Waals surface area contributed by atoms with Crippen molar-refractivity contribution in [3.05, 3.63) is 72.1 Å². The largest absolute Gasteiger partial charge is 0.506 e. The molecule has 2 heterocycles. The van der Waals surface area contributed by atoms with Crippen molar-refractivity contribution in [3.63, 3.8) is 0 Å². The zero-order valence-electron chi connectivity index (χ0n) is 14.7. The van der Waals surface area contributed by atoms with E-state index in [0.717, 1.165) is 33.3 Å². The predicted molar refractivity (Wildman–Crippen MR) is 104 cm³/mol. The van der Waals surface area contributed by atoms with Gasteiger partial charge in [-0.25, -0.2) is 0 Å². The number of aromatic nitrogens is 2. The molecule has 2 aromatic carbocycles. The van der Waals surface area contributed by atoms with E-state index in [9.17, 15) is 5.11 Å². The van der Waals surface area contributed by atoms with E-state index in [-0.39, 0.29) is 5.75 Å². The van der Waals surface area contributed by atoms with Crippen LogP contribution >= 0.6 is 0 Å². The van der Waals surface area contributed by atoms with E-state index in [1.54, 1.807) is 19.4 Å². The molecule has 0 bridgehead atoms. The Hall–Kier alpha value is -3.40. The molecule has 0 aliphatic rings. The number of rotatable bonds is 3. The number of aryl methyl sites for hydroxylation is 1. The van der Waals surface area contributed by atoms with Crippen molar-refractivity contribution in [2.75, 3.05) is 7.11 Å². The summed E-state index contributed by atoms with van der Waals surface area (Å²) >= 11 is 0. The van der Waals surface area contributed by atoms with E-state index in [1.165, 1.54) is 0 Å². The van der Waals surface area contributed by atoms with Crippen LogP contribution in [0.4, 0.5) is 0 Å². The van der Waals surface area contributed by atoms with Crippen molar-refractivity contribution in [2.24, 2.45) is 7.05 Å². The highest BCUT2D eigenvalue weighted by molar-refractivity contribution is 5.93. The van der Waals surface area contributed by atoms with Crippen LogP contribution in [-0.2, 0) is 7.05 Å². The summed E-state index contributed by atoms with van der Waals surface area (Å²) < 4.78 is 7.44. The fraction of sp³-hybridized carbons (Fsp3) is 0.0909. The van der Waals surface area contributed by atoms with Crippen molar-refractivity contribution < 1.29 is 14.4 Å². The lowest BCUT2D eigenvalue weighted by molar-refractivity contribution is -0.646. The van der Waals surface area contributed by atoms with E-state index < -0.39 is 0 Å². The van der Waals surface area contributed by atoms with E-state index in [4.69, 9.17) is 4.74 Å². The van der Waals surface area contributed by atoms with Crippen LogP contribution in [0.1, 0.15) is 11.3 Å².